The molecular formula is C14H19IN2O2. The molecule has 1 aromatic heterocycles. The van der Waals surface area contributed by atoms with Crippen LogP contribution in [0.1, 0.15) is 69.0 Å². The van der Waals surface area contributed by atoms with Crippen LogP contribution in [-0.4, -0.2) is 16.1 Å². The monoisotopic (exact) mass is 374 g/mol. The summed E-state index contributed by atoms with van der Waals surface area (Å²) in [6.07, 6.45) is 7.06. The summed E-state index contributed by atoms with van der Waals surface area (Å²) in [5.74, 6) is 1.20. The maximum Gasteiger partial charge on any atom is 0.264 e. The summed E-state index contributed by atoms with van der Waals surface area (Å²) >= 11 is 2.13. The second kappa shape index (κ2) is 5.52. The molecule has 2 aliphatic rings. The third-order valence-corrected chi connectivity index (χ3v) is 5.23. The van der Waals surface area contributed by atoms with E-state index < -0.39 is 0 Å². The van der Waals surface area contributed by atoms with Crippen LogP contribution in [0.15, 0.2) is 4.79 Å². The zero-order valence-corrected chi connectivity index (χ0v) is 13.3. The van der Waals surface area contributed by atoms with Crippen molar-refractivity contribution in [1.82, 2.24) is 9.97 Å². The molecule has 1 aliphatic heterocycles. The minimum atomic E-state index is -0.0279. The lowest BCUT2D eigenvalue weighted by molar-refractivity contribution is 0.0499. The Morgan fingerprint density at radius 3 is 2.63 bits per heavy atom. The zero-order chi connectivity index (χ0) is 13.4. The first-order valence-electron chi connectivity index (χ1n) is 7.10. The van der Waals surface area contributed by atoms with Gasteiger partial charge in [-0.3, -0.25) is 4.79 Å². The Kier molecular flexibility index (Phi) is 3.93. The van der Waals surface area contributed by atoms with E-state index in [-0.39, 0.29) is 17.8 Å². The summed E-state index contributed by atoms with van der Waals surface area (Å²) in [6.45, 7) is 2.07. The number of H-pyrrole nitrogens is 1. The number of nitrogens with zero attached hydrogens (tertiary/aromatic N) is 1. The normalized spacial score (nSPS) is 28.1. The van der Waals surface area contributed by atoms with E-state index in [0.717, 1.165) is 40.8 Å². The highest BCUT2D eigenvalue weighted by atomic mass is 127. The van der Waals surface area contributed by atoms with Gasteiger partial charge in [0.15, 0.2) is 0 Å². The summed E-state index contributed by atoms with van der Waals surface area (Å²) in [7, 11) is 0. The molecule has 19 heavy (non-hydrogen) atoms. The molecule has 1 saturated heterocycles. The molecule has 1 N–H and O–H groups in total. The standard InChI is InChI=1S/C14H19IN2O2/c1-8-6-7-10(19-8)13-16-12(9-4-2-3-5-9)11(15)14(18)17-13/h8-10H,2-7H2,1H3,(H,16,17,18). The first kappa shape index (κ1) is 13.5. The van der Waals surface area contributed by atoms with Crippen LogP contribution >= 0.6 is 22.6 Å². The predicted octanol–water partition coefficient (Wildman–Crippen LogP) is 3.27. The van der Waals surface area contributed by atoms with Gasteiger partial charge in [-0.15, -0.1) is 0 Å². The smallest absolute Gasteiger partial charge is 0.264 e. The van der Waals surface area contributed by atoms with E-state index in [2.05, 4.69) is 34.5 Å². The number of nitrogens with one attached hydrogen (secondary N) is 1. The fraction of sp³-hybridized carbons (Fsp3) is 0.714. The highest BCUT2D eigenvalue weighted by Crippen LogP contribution is 2.36. The molecule has 0 amide bonds. The molecule has 4 nitrogen and oxygen atoms in total. The molecule has 0 aromatic carbocycles. The van der Waals surface area contributed by atoms with E-state index in [9.17, 15) is 4.79 Å². The van der Waals surface area contributed by atoms with Crippen molar-refractivity contribution in [2.24, 2.45) is 0 Å². The summed E-state index contributed by atoms with van der Waals surface area (Å²) in [5, 5.41) is 0. The maximum atomic E-state index is 12.1. The molecule has 5 heteroatoms. The van der Waals surface area contributed by atoms with Crippen molar-refractivity contribution in [3.8, 4) is 0 Å². The molecule has 1 saturated carbocycles. The predicted molar refractivity (Wildman–Crippen MR) is 81.3 cm³/mol. The summed E-state index contributed by atoms with van der Waals surface area (Å²) < 4.78 is 6.59. The topological polar surface area (TPSA) is 55.0 Å². The largest absolute Gasteiger partial charge is 0.367 e. The van der Waals surface area contributed by atoms with Gasteiger partial charge in [-0.05, 0) is 55.2 Å². The first-order valence-corrected chi connectivity index (χ1v) is 8.18. The van der Waals surface area contributed by atoms with Gasteiger partial charge in [-0.1, -0.05) is 12.8 Å². The fourth-order valence-electron chi connectivity index (χ4n) is 3.12. The number of aromatic amines is 1. The molecule has 104 valence electrons. The highest BCUT2D eigenvalue weighted by molar-refractivity contribution is 14.1. The molecule has 0 spiro atoms. The van der Waals surface area contributed by atoms with Crippen LogP contribution in [0.5, 0.6) is 0 Å². The second-order valence-electron chi connectivity index (χ2n) is 5.64. The molecule has 0 bridgehead atoms. The Morgan fingerprint density at radius 2 is 2.00 bits per heavy atom. The van der Waals surface area contributed by atoms with Gasteiger partial charge in [0.05, 0.1) is 15.4 Å². The number of hydrogen-bond donors (Lipinski definition) is 1. The van der Waals surface area contributed by atoms with Crippen molar-refractivity contribution < 1.29 is 4.74 Å². The summed E-state index contributed by atoms with van der Waals surface area (Å²) in [5.41, 5.74) is 0.996. The zero-order valence-electron chi connectivity index (χ0n) is 11.1. The van der Waals surface area contributed by atoms with Crippen LogP contribution in [0.25, 0.3) is 0 Å². The number of aromatic nitrogens is 2. The lowest BCUT2D eigenvalue weighted by atomic mass is 10.0. The molecular weight excluding hydrogens is 355 g/mol. The second-order valence-corrected chi connectivity index (χ2v) is 6.72. The summed E-state index contributed by atoms with van der Waals surface area (Å²) in [4.78, 5) is 19.7. The van der Waals surface area contributed by atoms with Crippen LogP contribution in [0.2, 0.25) is 0 Å². The van der Waals surface area contributed by atoms with Crippen molar-refractivity contribution >= 4 is 22.6 Å². The van der Waals surface area contributed by atoms with E-state index in [0.29, 0.717) is 5.92 Å². The van der Waals surface area contributed by atoms with Gasteiger partial charge < -0.3 is 9.72 Å². The van der Waals surface area contributed by atoms with Crippen LogP contribution in [0.4, 0.5) is 0 Å². The van der Waals surface area contributed by atoms with Gasteiger partial charge in [0.2, 0.25) is 0 Å². The Morgan fingerprint density at radius 1 is 1.26 bits per heavy atom. The lowest BCUT2D eigenvalue weighted by Crippen LogP contribution is -2.21. The van der Waals surface area contributed by atoms with Crippen LogP contribution in [0, 0.1) is 3.57 Å². The minimum Gasteiger partial charge on any atom is -0.367 e. The van der Waals surface area contributed by atoms with E-state index in [4.69, 9.17) is 9.72 Å². The maximum absolute atomic E-state index is 12.1. The fourth-order valence-corrected chi connectivity index (χ4v) is 3.82. The number of halogens is 1. The molecule has 1 aliphatic carbocycles. The average Bonchev–Trinajstić information content (AvgIpc) is 3.03. The third-order valence-electron chi connectivity index (χ3n) is 4.19. The van der Waals surface area contributed by atoms with E-state index in [1.165, 1.54) is 12.8 Å². The van der Waals surface area contributed by atoms with Gasteiger partial charge in [0, 0.05) is 5.92 Å². The Hall–Kier alpha value is -0.430. The Bertz CT molecular complexity index is 523. The van der Waals surface area contributed by atoms with Crippen LogP contribution < -0.4 is 5.56 Å². The van der Waals surface area contributed by atoms with Gasteiger partial charge in [-0.25, -0.2) is 4.98 Å². The molecule has 1 aromatic rings. The van der Waals surface area contributed by atoms with Crippen molar-refractivity contribution in [2.45, 2.75) is 63.6 Å². The molecule has 2 heterocycles. The minimum absolute atomic E-state index is 0.00402. The van der Waals surface area contributed by atoms with Gasteiger partial charge in [0.1, 0.15) is 11.9 Å². The van der Waals surface area contributed by atoms with Gasteiger partial charge >= 0.3 is 0 Å². The molecule has 2 unspecified atom stereocenters. The number of rotatable bonds is 2. The van der Waals surface area contributed by atoms with Crippen molar-refractivity contribution in [3.05, 3.63) is 25.4 Å². The molecule has 3 rings (SSSR count). The quantitative estimate of drug-likeness (QED) is 0.809. The van der Waals surface area contributed by atoms with Crippen molar-refractivity contribution in [1.29, 1.82) is 0 Å². The SMILES string of the molecule is CC1CCC(c2nc(C3CCCC3)c(I)c(=O)[nH]2)O1. The molecule has 2 fully saturated rings. The lowest BCUT2D eigenvalue weighted by Gasteiger charge is -2.15. The van der Waals surface area contributed by atoms with E-state index >= 15 is 0 Å². The number of ether oxygens (including phenoxy) is 1. The van der Waals surface area contributed by atoms with Crippen molar-refractivity contribution in [2.75, 3.05) is 0 Å². The van der Waals surface area contributed by atoms with Gasteiger partial charge in [0.25, 0.3) is 5.56 Å². The summed E-state index contributed by atoms with van der Waals surface area (Å²) in [6, 6.07) is 0. The highest BCUT2D eigenvalue weighted by Gasteiger charge is 2.28. The van der Waals surface area contributed by atoms with E-state index in [1.807, 2.05) is 0 Å². The molecule has 2 atom stereocenters. The third kappa shape index (κ3) is 2.72. The van der Waals surface area contributed by atoms with Gasteiger partial charge in [-0.2, -0.15) is 0 Å². The van der Waals surface area contributed by atoms with Crippen molar-refractivity contribution in [3.63, 3.8) is 0 Å². The van der Waals surface area contributed by atoms with E-state index in [1.54, 1.807) is 0 Å². The Labute approximate surface area is 126 Å². The Balaban J connectivity index is 1.95. The van der Waals surface area contributed by atoms with Crippen LogP contribution in [-0.2, 0) is 4.74 Å². The average molecular weight is 374 g/mol. The molecule has 0 radical (unpaired) electrons. The number of hydrogen-bond acceptors (Lipinski definition) is 3. The first-order chi connectivity index (χ1) is 9.15. The van der Waals surface area contributed by atoms with Crippen LogP contribution in [0.3, 0.4) is 0 Å².